The van der Waals surface area contributed by atoms with E-state index in [4.69, 9.17) is 4.98 Å². The minimum absolute atomic E-state index is 0.0265. The second-order valence-corrected chi connectivity index (χ2v) is 10.5. The summed E-state index contributed by atoms with van der Waals surface area (Å²) in [6.07, 6.45) is 5.05. The number of anilines is 2. The maximum absolute atomic E-state index is 14.3. The van der Waals surface area contributed by atoms with Crippen LogP contribution in [0.4, 0.5) is 20.4 Å². The second-order valence-electron chi connectivity index (χ2n) is 10.5. The number of imidazole rings is 1. The Morgan fingerprint density at radius 3 is 2.28 bits per heavy atom. The Hall–Kier alpha value is -3.47. The van der Waals surface area contributed by atoms with Gasteiger partial charge in [0.2, 0.25) is 5.95 Å². The number of nitrogens with one attached hydrogen (secondary N) is 1. The molecule has 0 bridgehead atoms. The van der Waals surface area contributed by atoms with E-state index in [2.05, 4.69) is 51.7 Å². The highest BCUT2D eigenvalue weighted by Crippen LogP contribution is 2.32. The molecule has 0 fully saturated rings. The van der Waals surface area contributed by atoms with Gasteiger partial charge in [0, 0.05) is 18.2 Å². The van der Waals surface area contributed by atoms with Gasteiger partial charge in [0.05, 0.1) is 17.6 Å². The molecule has 208 valence electrons. The van der Waals surface area contributed by atoms with Crippen LogP contribution in [0.15, 0.2) is 73.3 Å². The maximum Gasteiger partial charge on any atom is 0.270 e. The molecular weight excluding hydrogens is 488 g/mol. The summed E-state index contributed by atoms with van der Waals surface area (Å²) >= 11 is 0. The summed E-state index contributed by atoms with van der Waals surface area (Å²) in [6, 6.07) is 20.8. The molecule has 1 N–H and O–H groups in total. The van der Waals surface area contributed by atoms with Gasteiger partial charge in [-0.25, -0.2) is 13.8 Å². The van der Waals surface area contributed by atoms with Gasteiger partial charge < -0.3 is 9.88 Å². The Balaban J connectivity index is 0.000000532. The SMILES string of the molecule is C=C(C)c1ccc2c(c1)nc(Nc1ccc(CC)cc1)n2Cc1ccccc1C(C)(F)F.CCCC(C)CC. The van der Waals surface area contributed by atoms with Crippen molar-refractivity contribution in [2.75, 3.05) is 5.32 Å². The van der Waals surface area contributed by atoms with Gasteiger partial charge in [0.1, 0.15) is 0 Å². The number of halogens is 2. The largest absolute Gasteiger partial charge is 0.326 e. The summed E-state index contributed by atoms with van der Waals surface area (Å²) in [5.41, 5.74) is 6.34. The van der Waals surface area contributed by atoms with E-state index in [1.54, 1.807) is 18.2 Å². The normalized spacial score (nSPS) is 12.1. The summed E-state index contributed by atoms with van der Waals surface area (Å²) in [5.74, 6) is -1.37. The lowest BCUT2D eigenvalue weighted by Gasteiger charge is -2.18. The van der Waals surface area contributed by atoms with Gasteiger partial charge in [-0.3, -0.25) is 0 Å². The number of rotatable bonds is 10. The van der Waals surface area contributed by atoms with E-state index in [9.17, 15) is 8.78 Å². The Morgan fingerprint density at radius 2 is 1.72 bits per heavy atom. The van der Waals surface area contributed by atoms with Gasteiger partial charge in [-0.15, -0.1) is 0 Å². The summed E-state index contributed by atoms with van der Waals surface area (Å²) in [4.78, 5) is 4.80. The fraction of sp³-hybridized carbons (Fsp3) is 0.382. The van der Waals surface area contributed by atoms with E-state index in [1.165, 1.54) is 30.9 Å². The third-order valence-electron chi connectivity index (χ3n) is 7.16. The van der Waals surface area contributed by atoms with E-state index >= 15 is 0 Å². The first kappa shape index (κ1) is 30.1. The van der Waals surface area contributed by atoms with Crippen molar-refractivity contribution in [1.29, 1.82) is 0 Å². The molecule has 0 spiro atoms. The molecule has 39 heavy (non-hydrogen) atoms. The van der Waals surface area contributed by atoms with Crippen molar-refractivity contribution in [3.8, 4) is 0 Å². The number of aromatic nitrogens is 2. The lowest BCUT2D eigenvalue weighted by molar-refractivity contribution is 0.0165. The van der Waals surface area contributed by atoms with Crippen LogP contribution < -0.4 is 5.32 Å². The Morgan fingerprint density at radius 1 is 1.03 bits per heavy atom. The van der Waals surface area contributed by atoms with E-state index in [-0.39, 0.29) is 12.1 Å². The van der Waals surface area contributed by atoms with Gasteiger partial charge >= 0.3 is 0 Å². The molecule has 1 unspecified atom stereocenters. The molecule has 0 aliphatic rings. The smallest absolute Gasteiger partial charge is 0.270 e. The number of benzene rings is 3. The molecule has 0 saturated heterocycles. The van der Waals surface area contributed by atoms with E-state index in [1.807, 2.05) is 41.8 Å². The predicted octanol–water partition coefficient (Wildman–Crippen LogP) is 10.4. The molecule has 0 amide bonds. The van der Waals surface area contributed by atoms with Crippen LogP contribution in [-0.4, -0.2) is 9.55 Å². The average Bonchev–Trinajstić information content (AvgIpc) is 3.25. The van der Waals surface area contributed by atoms with Crippen molar-refractivity contribution < 1.29 is 8.78 Å². The number of nitrogens with zero attached hydrogens (tertiary/aromatic N) is 2. The average molecular weight is 532 g/mol. The zero-order valence-corrected chi connectivity index (χ0v) is 24.3. The zero-order chi connectivity index (χ0) is 28.6. The second kappa shape index (κ2) is 13.5. The maximum atomic E-state index is 14.3. The highest BCUT2D eigenvalue weighted by Gasteiger charge is 2.27. The van der Waals surface area contributed by atoms with Crippen LogP contribution >= 0.6 is 0 Å². The minimum Gasteiger partial charge on any atom is -0.326 e. The van der Waals surface area contributed by atoms with Crippen LogP contribution in [0.2, 0.25) is 0 Å². The standard InChI is InChI=1S/C27H27F2N3.C7H16/c1-5-19-10-13-22(14-11-19)30-26-31-24-16-20(18(2)3)12-15-25(24)32(26)17-21-8-6-7-9-23(21)27(4,28)29;1-4-6-7(3)5-2/h6-16H,2,5,17H2,1,3-4H3,(H,30,31);7H,4-6H2,1-3H3. The first-order valence-electron chi connectivity index (χ1n) is 14.1. The first-order valence-corrected chi connectivity index (χ1v) is 14.1. The Bertz CT molecular complexity index is 1360. The molecule has 1 heterocycles. The van der Waals surface area contributed by atoms with Crippen molar-refractivity contribution in [3.05, 3.63) is 95.6 Å². The minimum atomic E-state index is -2.93. The summed E-state index contributed by atoms with van der Waals surface area (Å²) in [6.45, 7) is 16.1. The van der Waals surface area contributed by atoms with Crippen LogP contribution in [0.25, 0.3) is 16.6 Å². The fourth-order valence-corrected chi connectivity index (χ4v) is 4.56. The topological polar surface area (TPSA) is 29.9 Å². The van der Waals surface area contributed by atoms with Gasteiger partial charge in [0.15, 0.2) is 0 Å². The third-order valence-corrected chi connectivity index (χ3v) is 7.16. The van der Waals surface area contributed by atoms with Crippen LogP contribution in [0.5, 0.6) is 0 Å². The number of alkyl halides is 2. The van der Waals surface area contributed by atoms with Crippen molar-refractivity contribution in [3.63, 3.8) is 0 Å². The summed E-state index contributed by atoms with van der Waals surface area (Å²) in [5, 5.41) is 3.38. The molecule has 5 heteroatoms. The molecule has 0 aliphatic carbocycles. The number of fused-ring (bicyclic) bond motifs is 1. The molecule has 0 saturated carbocycles. The van der Waals surface area contributed by atoms with E-state index in [0.717, 1.165) is 47.1 Å². The third kappa shape index (κ3) is 8.01. The Labute approximate surface area is 233 Å². The molecule has 0 aliphatic heterocycles. The van der Waals surface area contributed by atoms with Crippen molar-refractivity contribution in [2.24, 2.45) is 5.92 Å². The molecular formula is C34H43F2N3. The van der Waals surface area contributed by atoms with Crippen molar-refractivity contribution in [2.45, 2.75) is 79.7 Å². The number of aryl methyl sites for hydroxylation is 1. The zero-order valence-electron chi connectivity index (χ0n) is 24.3. The highest BCUT2D eigenvalue weighted by atomic mass is 19.3. The number of hydrogen-bond donors (Lipinski definition) is 1. The quantitative estimate of drug-likeness (QED) is 0.221. The number of hydrogen-bond acceptors (Lipinski definition) is 2. The van der Waals surface area contributed by atoms with Crippen molar-refractivity contribution in [1.82, 2.24) is 9.55 Å². The van der Waals surface area contributed by atoms with Crippen molar-refractivity contribution >= 4 is 28.2 Å². The van der Waals surface area contributed by atoms with E-state index in [0.29, 0.717) is 11.5 Å². The van der Waals surface area contributed by atoms with Gasteiger partial charge in [-0.1, -0.05) is 102 Å². The molecule has 3 nitrogen and oxygen atoms in total. The summed E-state index contributed by atoms with van der Waals surface area (Å²) < 4.78 is 30.5. The van der Waals surface area contributed by atoms with Crippen LogP contribution in [-0.2, 0) is 18.9 Å². The fourth-order valence-electron chi connectivity index (χ4n) is 4.56. The lowest BCUT2D eigenvalue weighted by atomic mass is 10.0. The van der Waals surface area contributed by atoms with Gasteiger partial charge in [0.25, 0.3) is 5.92 Å². The lowest BCUT2D eigenvalue weighted by Crippen LogP contribution is -2.13. The highest BCUT2D eigenvalue weighted by molar-refractivity contribution is 5.83. The summed E-state index contributed by atoms with van der Waals surface area (Å²) in [7, 11) is 0. The van der Waals surface area contributed by atoms with Crippen LogP contribution in [0.1, 0.15) is 83.1 Å². The molecule has 3 aromatic carbocycles. The van der Waals surface area contributed by atoms with Gasteiger partial charge in [-0.2, -0.15) is 0 Å². The molecule has 0 radical (unpaired) electrons. The monoisotopic (exact) mass is 531 g/mol. The predicted molar refractivity (Wildman–Crippen MR) is 163 cm³/mol. The first-order chi connectivity index (χ1) is 18.6. The van der Waals surface area contributed by atoms with Crippen LogP contribution in [0, 0.1) is 5.92 Å². The van der Waals surface area contributed by atoms with E-state index < -0.39 is 5.92 Å². The van der Waals surface area contributed by atoms with Gasteiger partial charge in [-0.05, 0) is 60.2 Å². The molecule has 4 rings (SSSR count). The van der Waals surface area contributed by atoms with Crippen LogP contribution in [0.3, 0.4) is 0 Å². The molecule has 1 aromatic heterocycles. The Kier molecular flexibility index (Phi) is 10.4. The number of allylic oxidation sites excluding steroid dienone is 1. The molecule has 1 atom stereocenters. The molecule has 4 aromatic rings.